The van der Waals surface area contributed by atoms with Crippen molar-refractivity contribution in [1.82, 2.24) is 10.6 Å². The van der Waals surface area contributed by atoms with Crippen molar-refractivity contribution in [2.24, 2.45) is 10.3 Å². The molecule has 0 aromatic heterocycles. The molecule has 2 aliphatic heterocycles. The van der Waals surface area contributed by atoms with E-state index in [0.717, 1.165) is 0 Å². The number of allylic oxidation sites excluding steroid dienone is 2. The molecule has 2 aliphatic carbocycles. The molecule has 46 heavy (non-hydrogen) atoms. The first-order valence-electron chi connectivity index (χ1n) is 13.8. The number of ether oxygens (including phenoxy) is 4. The molecule has 4 unspecified atom stereocenters. The number of nitrogens with zero attached hydrogens (tertiary/aromatic N) is 2. The first kappa shape index (κ1) is 36.1. The van der Waals surface area contributed by atoms with Gasteiger partial charge in [0.1, 0.15) is 22.9 Å². The standard InChI is InChI=1S/C28H30Br4N4O10/c1-13(37)43-23-19(31)21(41-3)15(29)9-27(23)11-17(35-45-27)25(39)33-7-5-6-8-34-26(40)18-12-28(46-36-18)10-16(30)22(42-4)20(32)24(28)44-14(2)38/h9-10,23-24H,5-8,11-12H2,1-4H3,(H,33,39)(H,34,40). The minimum atomic E-state index is -1.24. The fraction of sp³-hybridized carbons (Fsp3) is 0.500. The number of nitrogens with one attached hydrogen (secondary N) is 2. The summed E-state index contributed by atoms with van der Waals surface area (Å²) in [7, 11) is 2.95. The van der Waals surface area contributed by atoms with Crippen LogP contribution in [0.3, 0.4) is 0 Å². The van der Waals surface area contributed by atoms with Gasteiger partial charge in [-0.1, -0.05) is 10.3 Å². The Bertz CT molecular complexity index is 1400. The molecule has 0 bridgehead atoms. The summed E-state index contributed by atoms with van der Waals surface area (Å²) in [5.41, 5.74) is -2.22. The molecule has 0 fully saturated rings. The van der Waals surface area contributed by atoms with E-state index in [-0.39, 0.29) is 24.3 Å². The third kappa shape index (κ3) is 7.54. The van der Waals surface area contributed by atoms with Crippen molar-refractivity contribution in [2.45, 2.75) is 62.9 Å². The second kappa shape index (κ2) is 15.0. The van der Waals surface area contributed by atoms with E-state index >= 15 is 0 Å². The summed E-state index contributed by atoms with van der Waals surface area (Å²) in [6.45, 7) is 3.16. The van der Waals surface area contributed by atoms with Crippen molar-refractivity contribution in [2.75, 3.05) is 27.3 Å². The highest BCUT2D eigenvalue weighted by atomic mass is 79.9. The van der Waals surface area contributed by atoms with Crippen LogP contribution in [0, 0.1) is 0 Å². The molecule has 4 rings (SSSR count). The maximum Gasteiger partial charge on any atom is 0.303 e. The fourth-order valence-electron chi connectivity index (χ4n) is 5.10. The Hall–Kier alpha value is -2.70. The molecule has 2 amide bonds. The van der Waals surface area contributed by atoms with Crippen LogP contribution < -0.4 is 10.6 Å². The van der Waals surface area contributed by atoms with E-state index in [2.05, 4.69) is 84.7 Å². The largest absolute Gasteiger partial charge is 0.495 e. The van der Waals surface area contributed by atoms with Gasteiger partial charge in [0.05, 0.1) is 32.1 Å². The molecule has 18 heteroatoms. The summed E-state index contributed by atoms with van der Waals surface area (Å²) in [5.74, 6) is -1.10. The predicted octanol–water partition coefficient (Wildman–Crippen LogP) is 3.98. The first-order chi connectivity index (χ1) is 21.8. The Morgan fingerprint density at radius 3 is 1.46 bits per heavy atom. The highest BCUT2D eigenvalue weighted by molar-refractivity contribution is 9.12. The van der Waals surface area contributed by atoms with Crippen LogP contribution in [0.2, 0.25) is 0 Å². The van der Waals surface area contributed by atoms with Gasteiger partial charge < -0.3 is 39.3 Å². The van der Waals surface area contributed by atoms with Gasteiger partial charge in [-0.25, -0.2) is 0 Å². The highest BCUT2D eigenvalue weighted by Gasteiger charge is 2.54. The van der Waals surface area contributed by atoms with Crippen molar-refractivity contribution < 1.29 is 47.8 Å². The molecular weight excluding hydrogens is 872 g/mol. The van der Waals surface area contributed by atoms with Crippen LogP contribution in [0.15, 0.2) is 51.9 Å². The zero-order valence-electron chi connectivity index (χ0n) is 25.0. The smallest absolute Gasteiger partial charge is 0.303 e. The van der Waals surface area contributed by atoms with Crippen LogP contribution in [-0.4, -0.2) is 85.9 Å². The number of halogens is 4. The van der Waals surface area contributed by atoms with E-state index in [1.54, 1.807) is 12.2 Å². The molecule has 14 nitrogen and oxygen atoms in total. The lowest BCUT2D eigenvalue weighted by atomic mass is 9.86. The van der Waals surface area contributed by atoms with Crippen molar-refractivity contribution in [3.05, 3.63) is 41.6 Å². The van der Waals surface area contributed by atoms with Crippen molar-refractivity contribution in [1.29, 1.82) is 0 Å². The topological polar surface area (TPSA) is 172 Å². The number of rotatable bonds is 11. The SMILES string of the molecule is COC1=C(Br)C(OC(C)=O)C2(C=C1Br)CC(C(=O)NCCCCNC(=O)C1=NOC3(C=C(Br)C(OC)=C(Br)C3OC(C)=O)C1)=NO2. The lowest BCUT2D eigenvalue weighted by molar-refractivity contribution is -0.157. The maximum absolute atomic E-state index is 12.9. The van der Waals surface area contributed by atoms with Crippen LogP contribution in [0.25, 0.3) is 0 Å². The average molecular weight is 902 g/mol. The number of unbranched alkanes of at least 4 members (excludes halogenated alkanes) is 1. The number of carbonyl (C=O) groups is 4. The summed E-state index contributed by atoms with van der Waals surface area (Å²) < 4.78 is 23.7. The molecular formula is C28H30Br4N4O10. The molecule has 250 valence electrons. The zero-order chi connectivity index (χ0) is 33.8. The second-order valence-electron chi connectivity index (χ2n) is 10.5. The molecule has 0 aromatic rings. The summed E-state index contributed by atoms with van der Waals surface area (Å²) >= 11 is 13.7. The third-order valence-electron chi connectivity index (χ3n) is 7.17. The van der Waals surface area contributed by atoms with E-state index < -0.39 is 47.2 Å². The summed E-state index contributed by atoms with van der Waals surface area (Å²) in [4.78, 5) is 60.7. The highest BCUT2D eigenvalue weighted by Crippen LogP contribution is 2.47. The minimum absolute atomic E-state index is 0.0446. The van der Waals surface area contributed by atoms with Crippen LogP contribution in [-0.2, 0) is 47.8 Å². The van der Waals surface area contributed by atoms with Gasteiger partial charge in [0.2, 0.25) is 11.2 Å². The van der Waals surface area contributed by atoms with Crippen molar-refractivity contribution >= 4 is 98.9 Å². The molecule has 2 spiro atoms. The molecule has 0 radical (unpaired) electrons. The van der Waals surface area contributed by atoms with Crippen LogP contribution >= 0.6 is 63.7 Å². The number of amides is 2. The Morgan fingerprint density at radius 1 is 0.761 bits per heavy atom. The normalized spacial score (nSPS) is 26.8. The Kier molecular flexibility index (Phi) is 11.8. The number of hydrogen-bond donors (Lipinski definition) is 2. The van der Waals surface area contributed by atoms with E-state index in [4.69, 9.17) is 28.6 Å². The molecule has 0 aromatic carbocycles. The van der Waals surface area contributed by atoms with Crippen LogP contribution in [0.5, 0.6) is 0 Å². The molecule has 0 saturated heterocycles. The second-order valence-corrected chi connectivity index (χ2v) is 13.9. The predicted molar refractivity (Wildman–Crippen MR) is 178 cm³/mol. The van der Waals surface area contributed by atoms with Crippen LogP contribution in [0.1, 0.15) is 39.5 Å². The van der Waals surface area contributed by atoms with Gasteiger partial charge >= 0.3 is 11.9 Å². The quantitative estimate of drug-likeness (QED) is 0.228. The van der Waals surface area contributed by atoms with Gasteiger partial charge in [-0.05, 0) is 88.7 Å². The molecule has 4 aliphatic rings. The van der Waals surface area contributed by atoms with Gasteiger partial charge in [-0.15, -0.1) is 0 Å². The number of hydrogen-bond acceptors (Lipinski definition) is 12. The molecule has 2 heterocycles. The number of carbonyl (C=O) groups excluding carboxylic acids is 4. The fourth-order valence-corrected chi connectivity index (χ4v) is 8.87. The number of methoxy groups -OCH3 is 2. The van der Waals surface area contributed by atoms with E-state index in [0.29, 0.717) is 55.4 Å². The first-order valence-corrected chi connectivity index (χ1v) is 17.0. The van der Waals surface area contributed by atoms with E-state index in [1.165, 1.54) is 28.1 Å². The third-order valence-corrected chi connectivity index (χ3v) is 9.90. The van der Waals surface area contributed by atoms with Gasteiger partial charge in [0, 0.05) is 39.8 Å². The molecule has 2 N–H and O–H groups in total. The summed E-state index contributed by atoms with van der Waals surface area (Å²) in [6.07, 6.45) is 2.65. The van der Waals surface area contributed by atoms with Gasteiger partial charge in [0.25, 0.3) is 11.8 Å². The van der Waals surface area contributed by atoms with Gasteiger partial charge in [-0.3, -0.25) is 19.2 Å². The van der Waals surface area contributed by atoms with E-state index in [1.807, 2.05) is 0 Å². The maximum atomic E-state index is 12.9. The zero-order valence-corrected chi connectivity index (χ0v) is 31.4. The lowest BCUT2D eigenvalue weighted by Gasteiger charge is -2.35. The number of esters is 2. The lowest BCUT2D eigenvalue weighted by Crippen LogP contribution is -2.47. The average Bonchev–Trinajstić information content (AvgIpc) is 3.61. The molecule has 4 atom stereocenters. The summed E-state index contributed by atoms with van der Waals surface area (Å²) in [6, 6.07) is 0. The van der Waals surface area contributed by atoms with Gasteiger partial charge in [-0.2, -0.15) is 0 Å². The monoisotopic (exact) mass is 898 g/mol. The Labute approximate surface area is 297 Å². The minimum Gasteiger partial charge on any atom is -0.495 e. The Balaban J connectivity index is 1.24. The summed E-state index contributed by atoms with van der Waals surface area (Å²) in [5, 5.41) is 13.6. The van der Waals surface area contributed by atoms with Crippen molar-refractivity contribution in [3.8, 4) is 0 Å². The van der Waals surface area contributed by atoms with Crippen LogP contribution in [0.4, 0.5) is 0 Å². The van der Waals surface area contributed by atoms with Gasteiger partial charge in [0.15, 0.2) is 12.2 Å². The van der Waals surface area contributed by atoms with Crippen molar-refractivity contribution in [3.63, 3.8) is 0 Å². The Morgan fingerprint density at radius 2 is 1.13 bits per heavy atom. The number of oxime groups is 2. The van der Waals surface area contributed by atoms with E-state index in [9.17, 15) is 19.2 Å². The molecule has 0 saturated carbocycles.